The zero-order chi connectivity index (χ0) is 11.1. The first kappa shape index (κ1) is 12.9. The maximum absolute atomic E-state index is 11.6. The SMILES string of the molecule is CCCCCCC(=O)Cc1sccc1Br. The fraction of sp³-hybridized carbons (Fsp3) is 0.583. The molecular formula is C12H17BrOS. The van der Waals surface area contributed by atoms with Crippen molar-refractivity contribution in [1.82, 2.24) is 0 Å². The summed E-state index contributed by atoms with van der Waals surface area (Å²) in [6.45, 7) is 2.19. The van der Waals surface area contributed by atoms with Gasteiger partial charge >= 0.3 is 0 Å². The van der Waals surface area contributed by atoms with Crippen LogP contribution in [0.15, 0.2) is 15.9 Å². The molecule has 0 saturated heterocycles. The number of halogens is 1. The Morgan fingerprint density at radius 3 is 2.80 bits per heavy atom. The highest BCUT2D eigenvalue weighted by molar-refractivity contribution is 9.10. The van der Waals surface area contributed by atoms with Gasteiger partial charge in [0, 0.05) is 22.2 Å². The third-order valence-electron chi connectivity index (χ3n) is 2.36. The number of carbonyl (C=O) groups is 1. The van der Waals surface area contributed by atoms with Crippen LogP contribution in [0, 0.1) is 0 Å². The van der Waals surface area contributed by atoms with Crippen LogP contribution in [0.2, 0.25) is 0 Å². The zero-order valence-corrected chi connectivity index (χ0v) is 11.5. The molecule has 0 bridgehead atoms. The highest BCUT2D eigenvalue weighted by Gasteiger charge is 2.07. The van der Waals surface area contributed by atoms with E-state index < -0.39 is 0 Å². The van der Waals surface area contributed by atoms with Gasteiger partial charge in [0.1, 0.15) is 5.78 Å². The summed E-state index contributed by atoms with van der Waals surface area (Å²) in [4.78, 5) is 12.8. The van der Waals surface area contributed by atoms with Crippen molar-refractivity contribution in [3.63, 3.8) is 0 Å². The van der Waals surface area contributed by atoms with Gasteiger partial charge in [-0.15, -0.1) is 11.3 Å². The summed E-state index contributed by atoms with van der Waals surface area (Å²) in [5, 5.41) is 2.02. The minimum atomic E-state index is 0.370. The first-order valence-corrected chi connectivity index (χ1v) is 7.15. The summed E-state index contributed by atoms with van der Waals surface area (Å²) in [6.07, 6.45) is 6.05. The third-order valence-corrected chi connectivity index (χ3v) is 4.28. The lowest BCUT2D eigenvalue weighted by molar-refractivity contribution is -0.118. The lowest BCUT2D eigenvalue weighted by Gasteiger charge is -1.99. The first-order chi connectivity index (χ1) is 7.24. The van der Waals surface area contributed by atoms with Crippen LogP contribution >= 0.6 is 27.3 Å². The molecule has 3 heteroatoms. The molecule has 0 amide bonds. The van der Waals surface area contributed by atoms with Gasteiger partial charge in [0.05, 0.1) is 0 Å². The van der Waals surface area contributed by atoms with Gasteiger partial charge in [-0.1, -0.05) is 26.2 Å². The van der Waals surface area contributed by atoms with Crippen molar-refractivity contribution >= 4 is 33.0 Å². The maximum atomic E-state index is 11.6. The van der Waals surface area contributed by atoms with Gasteiger partial charge < -0.3 is 0 Å². The van der Waals surface area contributed by atoms with E-state index in [2.05, 4.69) is 22.9 Å². The van der Waals surface area contributed by atoms with Crippen LogP contribution in [0.25, 0.3) is 0 Å². The molecule has 0 N–H and O–H groups in total. The van der Waals surface area contributed by atoms with E-state index in [-0.39, 0.29) is 0 Å². The lowest BCUT2D eigenvalue weighted by Crippen LogP contribution is -2.01. The van der Waals surface area contributed by atoms with Gasteiger partial charge in [0.25, 0.3) is 0 Å². The van der Waals surface area contributed by atoms with Crippen molar-refractivity contribution in [2.24, 2.45) is 0 Å². The van der Waals surface area contributed by atoms with Crippen LogP contribution in [0.5, 0.6) is 0 Å². The van der Waals surface area contributed by atoms with Crippen molar-refractivity contribution in [2.75, 3.05) is 0 Å². The molecule has 0 aliphatic heterocycles. The molecule has 15 heavy (non-hydrogen) atoms. The van der Waals surface area contributed by atoms with E-state index in [1.54, 1.807) is 11.3 Å². The summed E-state index contributed by atoms with van der Waals surface area (Å²) < 4.78 is 1.08. The van der Waals surface area contributed by atoms with Crippen LogP contribution in [0.3, 0.4) is 0 Å². The molecular weight excluding hydrogens is 272 g/mol. The van der Waals surface area contributed by atoms with E-state index in [1.807, 2.05) is 11.4 Å². The molecule has 84 valence electrons. The number of hydrogen-bond acceptors (Lipinski definition) is 2. The van der Waals surface area contributed by atoms with E-state index in [0.717, 1.165) is 22.2 Å². The molecule has 1 heterocycles. The van der Waals surface area contributed by atoms with E-state index >= 15 is 0 Å². The fourth-order valence-electron chi connectivity index (χ4n) is 1.47. The van der Waals surface area contributed by atoms with Crippen LogP contribution in [0.1, 0.15) is 43.9 Å². The average Bonchev–Trinajstić information content (AvgIpc) is 2.59. The predicted molar refractivity (Wildman–Crippen MR) is 69.5 cm³/mol. The number of Topliss-reactive ketones (excluding diaryl/α,β-unsaturated/α-hetero) is 1. The van der Waals surface area contributed by atoms with E-state index in [1.165, 1.54) is 19.3 Å². The predicted octanol–water partition coefficient (Wildman–Crippen LogP) is 4.59. The summed E-state index contributed by atoms with van der Waals surface area (Å²) in [7, 11) is 0. The molecule has 0 fully saturated rings. The van der Waals surface area contributed by atoms with Crippen molar-refractivity contribution in [2.45, 2.75) is 45.4 Å². The summed E-state index contributed by atoms with van der Waals surface area (Å²) in [5.41, 5.74) is 0. The number of unbranched alkanes of at least 4 members (excludes halogenated alkanes) is 3. The normalized spacial score (nSPS) is 10.5. The fourth-order valence-corrected chi connectivity index (χ4v) is 2.99. The van der Waals surface area contributed by atoms with Gasteiger partial charge in [-0.05, 0) is 33.8 Å². The molecule has 0 saturated carbocycles. The quantitative estimate of drug-likeness (QED) is 0.671. The van der Waals surface area contributed by atoms with E-state index in [4.69, 9.17) is 0 Å². The highest BCUT2D eigenvalue weighted by atomic mass is 79.9. The number of rotatable bonds is 7. The average molecular weight is 289 g/mol. The second-order valence-electron chi connectivity index (χ2n) is 3.72. The Balaban J connectivity index is 2.22. The molecule has 0 spiro atoms. The molecule has 0 radical (unpaired) electrons. The summed E-state index contributed by atoms with van der Waals surface area (Å²) >= 11 is 5.10. The minimum absolute atomic E-state index is 0.370. The Bertz CT molecular complexity index is 306. The summed E-state index contributed by atoms with van der Waals surface area (Å²) in [6, 6.07) is 2.00. The van der Waals surface area contributed by atoms with Crippen molar-refractivity contribution in [3.8, 4) is 0 Å². The Morgan fingerprint density at radius 2 is 2.20 bits per heavy atom. The molecule has 0 aromatic carbocycles. The molecule has 0 aliphatic rings. The number of ketones is 1. The van der Waals surface area contributed by atoms with Crippen molar-refractivity contribution < 1.29 is 4.79 Å². The van der Waals surface area contributed by atoms with Crippen LogP contribution in [-0.2, 0) is 11.2 Å². The lowest BCUT2D eigenvalue weighted by atomic mass is 10.1. The van der Waals surface area contributed by atoms with Gasteiger partial charge in [0.15, 0.2) is 0 Å². The molecule has 0 aliphatic carbocycles. The largest absolute Gasteiger partial charge is 0.299 e. The van der Waals surface area contributed by atoms with Gasteiger partial charge in [-0.2, -0.15) is 0 Å². The number of thiophene rings is 1. The van der Waals surface area contributed by atoms with Gasteiger partial charge in [0.2, 0.25) is 0 Å². The van der Waals surface area contributed by atoms with E-state index in [9.17, 15) is 4.79 Å². The molecule has 0 unspecified atom stereocenters. The Kier molecular flexibility index (Phi) is 6.18. The molecule has 1 aromatic rings. The highest BCUT2D eigenvalue weighted by Crippen LogP contribution is 2.23. The first-order valence-electron chi connectivity index (χ1n) is 5.47. The van der Waals surface area contributed by atoms with Crippen molar-refractivity contribution in [1.29, 1.82) is 0 Å². The zero-order valence-electron chi connectivity index (χ0n) is 9.09. The van der Waals surface area contributed by atoms with Crippen LogP contribution < -0.4 is 0 Å². The maximum Gasteiger partial charge on any atom is 0.138 e. The monoisotopic (exact) mass is 288 g/mol. The van der Waals surface area contributed by atoms with Crippen LogP contribution in [0.4, 0.5) is 0 Å². The molecule has 1 nitrogen and oxygen atoms in total. The Hall–Kier alpha value is -0.150. The summed E-state index contributed by atoms with van der Waals surface area (Å²) in [5.74, 6) is 0.370. The smallest absolute Gasteiger partial charge is 0.138 e. The standard InChI is InChI=1S/C12H17BrOS/c1-2-3-4-5-6-10(14)9-12-11(13)7-8-15-12/h7-8H,2-6,9H2,1H3. The van der Waals surface area contributed by atoms with Gasteiger partial charge in [-0.3, -0.25) is 4.79 Å². The van der Waals surface area contributed by atoms with E-state index in [0.29, 0.717) is 12.2 Å². The second-order valence-corrected chi connectivity index (χ2v) is 5.57. The minimum Gasteiger partial charge on any atom is -0.299 e. The second kappa shape index (κ2) is 7.18. The Labute approximate surface area is 104 Å². The third kappa shape index (κ3) is 4.94. The van der Waals surface area contributed by atoms with Crippen LogP contribution in [-0.4, -0.2) is 5.78 Å². The van der Waals surface area contributed by atoms with Crippen molar-refractivity contribution in [3.05, 3.63) is 20.8 Å². The molecule has 1 rings (SSSR count). The molecule has 0 atom stereocenters. The number of hydrogen-bond donors (Lipinski definition) is 0. The topological polar surface area (TPSA) is 17.1 Å². The number of carbonyl (C=O) groups excluding carboxylic acids is 1. The van der Waals surface area contributed by atoms with Gasteiger partial charge in [-0.25, -0.2) is 0 Å². The molecule has 1 aromatic heterocycles. The Morgan fingerprint density at radius 1 is 1.40 bits per heavy atom.